The molecule has 2 aromatic rings. The summed E-state index contributed by atoms with van der Waals surface area (Å²) < 4.78 is 26.8. The highest BCUT2D eigenvalue weighted by atomic mass is 79.9. The Hall–Kier alpha value is -2.39. The number of nitrogens with zero attached hydrogens (tertiary/aromatic N) is 2. The first-order valence-electron chi connectivity index (χ1n) is 10.4. The third kappa shape index (κ3) is 7.06. The van der Waals surface area contributed by atoms with Crippen molar-refractivity contribution >= 4 is 43.5 Å². The van der Waals surface area contributed by atoms with Crippen molar-refractivity contribution in [1.29, 1.82) is 0 Å². The van der Waals surface area contributed by atoms with Crippen molar-refractivity contribution in [2.24, 2.45) is 0 Å². The number of halogens is 1. The van der Waals surface area contributed by atoms with Crippen LogP contribution in [0.1, 0.15) is 31.4 Å². The zero-order valence-electron chi connectivity index (χ0n) is 18.8. The summed E-state index contributed by atoms with van der Waals surface area (Å²) in [4.78, 5) is 27.5. The summed E-state index contributed by atoms with van der Waals surface area (Å²) in [7, 11) is -3.74. The van der Waals surface area contributed by atoms with E-state index in [0.717, 1.165) is 28.1 Å². The second kappa shape index (κ2) is 11.5. The van der Waals surface area contributed by atoms with Crippen LogP contribution < -0.4 is 9.62 Å². The smallest absolute Gasteiger partial charge is 0.244 e. The van der Waals surface area contributed by atoms with Gasteiger partial charge in [-0.25, -0.2) is 8.42 Å². The van der Waals surface area contributed by atoms with E-state index in [-0.39, 0.29) is 12.5 Å². The largest absolute Gasteiger partial charge is 0.354 e. The van der Waals surface area contributed by atoms with Crippen molar-refractivity contribution in [3.8, 4) is 0 Å². The molecule has 1 atom stereocenters. The molecule has 0 aliphatic carbocycles. The monoisotopic (exact) mass is 523 g/mol. The van der Waals surface area contributed by atoms with E-state index in [0.29, 0.717) is 16.7 Å². The summed E-state index contributed by atoms with van der Waals surface area (Å²) in [5, 5.41) is 2.82. The molecule has 0 heterocycles. The minimum Gasteiger partial charge on any atom is -0.354 e. The molecule has 9 heteroatoms. The molecule has 0 aliphatic rings. The first kappa shape index (κ1) is 25.9. The van der Waals surface area contributed by atoms with E-state index < -0.39 is 28.5 Å². The van der Waals surface area contributed by atoms with Gasteiger partial charge >= 0.3 is 0 Å². The fourth-order valence-electron chi connectivity index (χ4n) is 3.19. The summed E-state index contributed by atoms with van der Waals surface area (Å²) in [6, 6.07) is 13.6. The van der Waals surface area contributed by atoms with Crippen molar-refractivity contribution in [2.45, 2.75) is 39.8 Å². The van der Waals surface area contributed by atoms with Crippen LogP contribution in [0, 0.1) is 6.92 Å². The number of carbonyl (C=O) groups excluding carboxylic acids is 2. The molecule has 174 valence electrons. The highest BCUT2D eigenvalue weighted by Gasteiger charge is 2.30. The second-order valence-electron chi connectivity index (χ2n) is 7.66. The number of benzene rings is 2. The molecular formula is C23H30BrN3O4S. The van der Waals surface area contributed by atoms with E-state index in [1.807, 2.05) is 38.1 Å². The number of rotatable bonds is 10. The molecule has 7 nitrogen and oxygen atoms in total. The lowest BCUT2D eigenvalue weighted by Gasteiger charge is -2.32. The first-order valence-corrected chi connectivity index (χ1v) is 13.0. The Labute approximate surface area is 199 Å². The van der Waals surface area contributed by atoms with E-state index >= 15 is 0 Å². The molecule has 2 rings (SSSR count). The maximum atomic E-state index is 13.4. The van der Waals surface area contributed by atoms with E-state index in [1.54, 1.807) is 31.2 Å². The fraction of sp³-hybridized carbons (Fsp3) is 0.391. The van der Waals surface area contributed by atoms with Crippen molar-refractivity contribution in [3.63, 3.8) is 0 Å². The lowest BCUT2D eigenvalue weighted by molar-refractivity contribution is -0.139. The van der Waals surface area contributed by atoms with Crippen molar-refractivity contribution in [3.05, 3.63) is 64.1 Å². The number of hydrogen-bond donors (Lipinski definition) is 1. The maximum absolute atomic E-state index is 13.4. The highest BCUT2D eigenvalue weighted by Crippen LogP contribution is 2.23. The summed E-state index contributed by atoms with van der Waals surface area (Å²) in [6.07, 6.45) is 1.83. The third-order valence-electron chi connectivity index (χ3n) is 5.09. The van der Waals surface area contributed by atoms with Crippen LogP contribution in [-0.4, -0.2) is 50.5 Å². The Morgan fingerprint density at radius 2 is 1.81 bits per heavy atom. The van der Waals surface area contributed by atoms with Gasteiger partial charge in [0.15, 0.2) is 0 Å². The first-order chi connectivity index (χ1) is 15.0. The Kier molecular flexibility index (Phi) is 9.27. The Balaban J connectivity index is 2.38. The Bertz CT molecular complexity index is 1060. The number of sulfonamides is 1. The molecule has 0 fully saturated rings. The highest BCUT2D eigenvalue weighted by molar-refractivity contribution is 9.10. The lowest BCUT2D eigenvalue weighted by Crippen LogP contribution is -2.51. The van der Waals surface area contributed by atoms with Gasteiger partial charge in [-0.2, -0.15) is 0 Å². The zero-order valence-corrected chi connectivity index (χ0v) is 21.2. The van der Waals surface area contributed by atoms with Gasteiger partial charge in [-0.3, -0.25) is 13.9 Å². The van der Waals surface area contributed by atoms with Crippen LogP contribution in [0.25, 0.3) is 0 Å². The number of nitrogens with one attached hydrogen (secondary N) is 1. The van der Waals surface area contributed by atoms with Crippen molar-refractivity contribution in [1.82, 2.24) is 10.2 Å². The summed E-state index contributed by atoms with van der Waals surface area (Å²) in [5.41, 5.74) is 2.25. The number of carbonyl (C=O) groups is 2. The van der Waals surface area contributed by atoms with Crippen LogP contribution in [-0.2, 0) is 26.2 Å². The minimum absolute atomic E-state index is 0.197. The molecule has 1 N–H and O–H groups in total. The average Bonchev–Trinajstić information content (AvgIpc) is 2.73. The summed E-state index contributed by atoms with van der Waals surface area (Å²) in [6.45, 7) is 5.83. The summed E-state index contributed by atoms with van der Waals surface area (Å²) in [5.74, 6) is -0.736. The topological polar surface area (TPSA) is 86.8 Å². The molecule has 0 aromatic heterocycles. The van der Waals surface area contributed by atoms with Crippen LogP contribution >= 0.6 is 15.9 Å². The van der Waals surface area contributed by atoms with Gasteiger partial charge in [0.1, 0.15) is 12.6 Å². The number of aryl methyl sites for hydroxylation is 1. The van der Waals surface area contributed by atoms with Crippen molar-refractivity contribution in [2.75, 3.05) is 23.7 Å². The molecule has 0 spiro atoms. The van der Waals surface area contributed by atoms with Crippen LogP contribution in [0.5, 0.6) is 0 Å². The molecule has 1 unspecified atom stereocenters. The van der Waals surface area contributed by atoms with Gasteiger partial charge in [0, 0.05) is 17.6 Å². The van der Waals surface area contributed by atoms with Gasteiger partial charge in [-0.05, 0) is 49.6 Å². The van der Waals surface area contributed by atoms with Gasteiger partial charge < -0.3 is 10.2 Å². The van der Waals surface area contributed by atoms with Crippen LogP contribution in [0.4, 0.5) is 5.69 Å². The van der Waals surface area contributed by atoms with Crippen LogP contribution in [0.3, 0.4) is 0 Å². The van der Waals surface area contributed by atoms with Gasteiger partial charge in [0.2, 0.25) is 21.8 Å². The molecule has 2 amide bonds. The Morgan fingerprint density at radius 3 is 2.41 bits per heavy atom. The molecule has 32 heavy (non-hydrogen) atoms. The maximum Gasteiger partial charge on any atom is 0.244 e. The quantitative estimate of drug-likeness (QED) is 0.516. The van der Waals surface area contributed by atoms with Gasteiger partial charge in [-0.1, -0.05) is 53.2 Å². The average molecular weight is 524 g/mol. The van der Waals surface area contributed by atoms with Crippen LogP contribution in [0.2, 0.25) is 0 Å². The van der Waals surface area contributed by atoms with Crippen LogP contribution in [0.15, 0.2) is 53.0 Å². The van der Waals surface area contributed by atoms with E-state index in [1.165, 1.54) is 4.90 Å². The van der Waals surface area contributed by atoms with E-state index in [2.05, 4.69) is 21.2 Å². The third-order valence-corrected chi connectivity index (χ3v) is 6.73. The Morgan fingerprint density at radius 1 is 1.12 bits per heavy atom. The molecule has 0 bridgehead atoms. The normalized spacial score (nSPS) is 12.2. The van der Waals surface area contributed by atoms with Gasteiger partial charge in [0.25, 0.3) is 0 Å². The van der Waals surface area contributed by atoms with Gasteiger partial charge in [-0.15, -0.1) is 0 Å². The fourth-order valence-corrected chi connectivity index (χ4v) is 4.42. The number of hydrogen-bond acceptors (Lipinski definition) is 4. The zero-order chi connectivity index (χ0) is 23.9. The van der Waals surface area contributed by atoms with E-state index in [9.17, 15) is 18.0 Å². The van der Waals surface area contributed by atoms with Gasteiger partial charge in [0.05, 0.1) is 11.9 Å². The second-order valence-corrected chi connectivity index (χ2v) is 10.5. The standard InChI is InChI=1S/C23H30BrN3O4S/c1-5-13-25-23(29)18(3)26(15-19-10-7-6-9-17(19)2)22(28)16-27(32(4,30)31)21-12-8-11-20(24)14-21/h6-12,14,18H,5,13,15-16H2,1-4H3,(H,25,29). The molecule has 2 aromatic carbocycles. The molecule has 0 saturated heterocycles. The van der Waals surface area contributed by atoms with E-state index in [4.69, 9.17) is 0 Å². The number of amides is 2. The predicted molar refractivity (Wildman–Crippen MR) is 131 cm³/mol. The lowest BCUT2D eigenvalue weighted by atomic mass is 10.1. The predicted octanol–water partition coefficient (Wildman–Crippen LogP) is 3.47. The number of anilines is 1. The molecular weight excluding hydrogens is 494 g/mol. The van der Waals surface area contributed by atoms with Crippen molar-refractivity contribution < 1.29 is 18.0 Å². The SMILES string of the molecule is CCCNC(=O)C(C)N(Cc1ccccc1C)C(=O)CN(c1cccc(Br)c1)S(C)(=O)=O. The molecule has 0 saturated carbocycles. The minimum atomic E-state index is -3.74. The molecule has 0 aliphatic heterocycles. The summed E-state index contributed by atoms with van der Waals surface area (Å²) >= 11 is 3.34. The molecule has 0 radical (unpaired) electrons.